The predicted octanol–water partition coefficient (Wildman–Crippen LogP) is 3.97. The van der Waals surface area contributed by atoms with E-state index in [-0.39, 0.29) is 5.76 Å². The van der Waals surface area contributed by atoms with Gasteiger partial charge in [-0.15, -0.1) is 0 Å². The van der Waals surface area contributed by atoms with Gasteiger partial charge in [-0.2, -0.15) is 10.4 Å². The summed E-state index contributed by atoms with van der Waals surface area (Å²) in [6.07, 6.45) is 1.25. The molecule has 0 amide bonds. The molecule has 0 bridgehead atoms. The lowest BCUT2D eigenvalue weighted by atomic mass is 10.0. The third-order valence-corrected chi connectivity index (χ3v) is 6.56. The minimum Gasteiger partial charge on any atom is -0.423 e. The van der Waals surface area contributed by atoms with Crippen LogP contribution >= 0.6 is 0 Å². The van der Waals surface area contributed by atoms with Crippen molar-refractivity contribution in [2.75, 3.05) is 0 Å². The summed E-state index contributed by atoms with van der Waals surface area (Å²) in [5.41, 5.74) is 2.34. The highest BCUT2D eigenvalue weighted by molar-refractivity contribution is 6.88. The van der Waals surface area contributed by atoms with Crippen LogP contribution in [0, 0.1) is 18.3 Å². The second-order valence-corrected chi connectivity index (χ2v) is 12.7. The summed E-state index contributed by atoms with van der Waals surface area (Å²) in [5, 5.41) is 14.8. The van der Waals surface area contributed by atoms with E-state index in [0.29, 0.717) is 12.2 Å². The summed E-state index contributed by atoms with van der Waals surface area (Å²) in [7, 11) is -1.38. The molecule has 0 aliphatic heterocycles. The van der Waals surface area contributed by atoms with Crippen molar-refractivity contribution in [3.63, 3.8) is 0 Å². The molecule has 2 rings (SSSR count). The Balaban J connectivity index is 2.23. The van der Waals surface area contributed by atoms with Crippen LogP contribution in [0.2, 0.25) is 19.6 Å². The maximum Gasteiger partial charge on any atom is 0.318 e. The molecule has 2 aromatic rings. The van der Waals surface area contributed by atoms with Gasteiger partial charge in [-0.25, -0.2) is 0 Å². The summed E-state index contributed by atoms with van der Waals surface area (Å²) < 4.78 is 7.32. The third kappa shape index (κ3) is 4.95. The Kier molecular flexibility index (Phi) is 6.40. The Morgan fingerprint density at radius 3 is 2.48 bits per heavy atom. The molecule has 1 unspecified atom stereocenters. The number of ether oxygens (including phenoxy) is 1. The van der Waals surface area contributed by atoms with Crippen LogP contribution in [-0.2, 0) is 16.1 Å². The molecule has 0 N–H and O–H groups in total. The minimum absolute atomic E-state index is 0.232. The lowest BCUT2D eigenvalue weighted by molar-refractivity contribution is -0.138. The average molecular weight is 382 g/mol. The molecule has 1 aromatic heterocycles. The Labute approximate surface area is 162 Å². The second-order valence-electron chi connectivity index (χ2n) is 7.64. The Morgan fingerprint density at radius 1 is 1.33 bits per heavy atom. The van der Waals surface area contributed by atoms with Crippen molar-refractivity contribution in [2.45, 2.75) is 52.9 Å². The Hall–Kier alpha value is -2.65. The molecule has 0 aliphatic rings. The standard InChI is InChI=1S/C21H27N3O2Si/c1-7-24-19(14-15(2)23-24)20(12-13-22)26-21(25)16(3)17-8-10-18(11-9-17)27(4,5)6/h8-12,14,16H,7H2,1-6H3/b20-12+. The summed E-state index contributed by atoms with van der Waals surface area (Å²) in [4.78, 5) is 12.7. The number of esters is 1. The number of rotatable bonds is 6. The summed E-state index contributed by atoms with van der Waals surface area (Å²) in [6, 6.07) is 12.0. The highest BCUT2D eigenvalue weighted by atomic mass is 28.3. The number of carbonyl (C=O) groups is 1. The van der Waals surface area contributed by atoms with Gasteiger partial charge in [0.25, 0.3) is 0 Å². The lowest BCUT2D eigenvalue weighted by Gasteiger charge is -2.18. The van der Waals surface area contributed by atoms with E-state index in [1.807, 2.05) is 45.0 Å². The zero-order valence-corrected chi connectivity index (χ0v) is 17.9. The topological polar surface area (TPSA) is 67.9 Å². The largest absolute Gasteiger partial charge is 0.423 e. The van der Waals surface area contributed by atoms with Crippen molar-refractivity contribution in [3.05, 3.63) is 53.4 Å². The smallest absolute Gasteiger partial charge is 0.318 e. The first-order valence-corrected chi connectivity index (χ1v) is 12.6. The fourth-order valence-corrected chi connectivity index (χ4v) is 3.97. The summed E-state index contributed by atoms with van der Waals surface area (Å²) >= 11 is 0. The fourth-order valence-electron chi connectivity index (χ4n) is 2.80. The van der Waals surface area contributed by atoms with Gasteiger partial charge in [-0.3, -0.25) is 9.48 Å². The number of nitriles is 1. The van der Waals surface area contributed by atoms with Gasteiger partial charge in [-0.1, -0.05) is 49.1 Å². The number of hydrogen-bond acceptors (Lipinski definition) is 4. The van der Waals surface area contributed by atoms with E-state index in [2.05, 4.69) is 36.9 Å². The molecule has 1 heterocycles. The molecular weight excluding hydrogens is 354 g/mol. The van der Waals surface area contributed by atoms with Crippen LogP contribution in [-0.4, -0.2) is 23.8 Å². The molecule has 0 radical (unpaired) electrons. The first kappa shape index (κ1) is 20.7. The highest BCUT2D eigenvalue weighted by Gasteiger charge is 2.22. The molecular formula is C21H27N3O2Si. The molecule has 0 aliphatic carbocycles. The zero-order valence-electron chi connectivity index (χ0n) is 16.9. The molecule has 27 heavy (non-hydrogen) atoms. The zero-order chi connectivity index (χ0) is 20.2. The van der Waals surface area contributed by atoms with Crippen molar-refractivity contribution in [1.29, 1.82) is 5.26 Å². The SMILES string of the molecule is CCn1nc(C)cc1/C(=C\C#N)OC(=O)C(C)c1ccc([Si](C)(C)C)cc1. The van der Waals surface area contributed by atoms with E-state index < -0.39 is 20.0 Å². The monoisotopic (exact) mass is 381 g/mol. The van der Waals surface area contributed by atoms with E-state index in [1.165, 1.54) is 11.3 Å². The van der Waals surface area contributed by atoms with E-state index in [1.54, 1.807) is 4.68 Å². The normalized spacial score (nSPS) is 13.1. The molecule has 0 saturated carbocycles. The second kappa shape index (κ2) is 8.36. The Bertz CT molecular complexity index is 884. The third-order valence-electron chi connectivity index (χ3n) is 4.49. The number of nitrogens with zero attached hydrogens (tertiary/aromatic N) is 3. The van der Waals surface area contributed by atoms with Crippen molar-refractivity contribution in [1.82, 2.24) is 9.78 Å². The van der Waals surface area contributed by atoms with Crippen LogP contribution in [0.4, 0.5) is 0 Å². The number of carbonyl (C=O) groups excluding carboxylic acids is 1. The fraction of sp³-hybridized carbons (Fsp3) is 0.381. The number of aromatic nitrogens is 2. The van der Waals surface area contributed by atoms with Crippen LogP contribution < -0.4 is 5.19 Å². The molecule has 5 nitrogen and oxygen atoms in total. The average Bonchev–Trinajstić information content (AvgIpc) is 3.00. The maximum atomic E-state index is 12.7. The van der Waals surface area contributed by atoms with Gasteiger partial charge in [0.05, 0.1) is 31.8 Å². The molecule has 0 spiro atoms. The van der Waals surface area contributed by atoms with Gasteiger partial charge in [0.15, 0.2) is 5.76 Å². The molecule has 0 saturated heterocycles. The van der Waals surface area contributed by atoms with E-state index in [0.717, 1.165) is 11.3 Å². The van der Waals surface area contributed by atoms with Crippen LogP contribution in [0.15, 0.2) is 36.4 Å². The highest BCUT2D eigenvalue weighted by Crippen LogP contribution is 2.23. The number of benzene rings is 1. The molecule has 1 atom stereocenters. The Morgan fingerprint density at radius 2 is 1.96 bits per heavy atom. The quantitative estimate of drug-likeness (QED) is 0.329. The lowest BCUT2D eigenvalue weighted by Crippen LogP contribution is -2.37. The number of aryl methyl sites for hydroxylation is 2. The molecule has 6 heteroatoms. The number of hydrogen-bond donors (Lipinski definition) is 0. The van der Waals surface area contributed by atoms with E-state index in [4.69, 9.17) is 10.00 Å². The maximum absolute atomic E-state index is 12.7. The summed E-state index contributed by atoms with van der Waals surface area (Å²) in [5.74, 6) is -0.587. The van der Waals surface area contributed by atoms with Gasteiger partial charge in [0.1, 0.15) is 5.69 Å². The van der Waals surface area contributed by atoms with Crippen LogP contribution in [0.3, 0.4) is 0 Å². The minimum atomic E-state index is -1.38. The first-order valence-electron chi connectivity index (χ1n) is 9.14. The van der Waals surface area contributed by atoms with Crippen LogP contribution in [0.25, 0.3) is 5.76 Å². The van der Waals surface area contributed by atoms with Crippen LogP contribution in [0.1, 0.15) is 36.7 Å². The van der Waals surface area contributed by atoms with Crippen LogP contribution in [0.5, 0.6) is 0 Å². The van der Waals surface area contributed by atoms with E-state index in [9.17, 15) is 4.79 Å². The molecule has 142 valence electrons. The van der Waals surface area contributed by atoms with Gasteiger partial charge in [0.2, 0.25) is 0 Å². The predicted molar refractivity (Wildman–Crippen MR) is 110 cm³/mol. The van der Waals surface area contributed by atoms with Gasteiger partial charge >= 0.3 is 5.97 Å². The van der Waals surface area contributed by atoms with E-state index >= 15 is 0 Å². The number of allylic oxidation sites excluding steroid dienone is 1. The van der Waals surface area contributed by atoms with Crippen molar-refractivity contribution in [3.8, 4) is 6.07 Å². The van der Waals surface area contributed by atoms with Crippen molar-refractivity contribution >= 4 is 25.0 Å². The van der Waals surface area contributed by atoms with Gasteiger partial charge in [0, 0.05) is 6.54 Å². The van der Waals surface area contributed by atoms with Gasteiger partial charge < -0.3 is 4.74 Å². The molecule has 0 fully saturated rings. The van der Waals surface area contributed by atoms with Crippen molar-refractivity contribution < 1.29 is 9.53 Å². The summed E-state index contributed by atoms with van der Waals surface area (Å²) in [6.45, 7) is 13.1. The van der Waals surface area contributed by atoms with Crippen molar-refractivity contribution in [2.24, 2.45) is 0 Å². The first-order chi connectivity index (χ1) is 12.7. The molecule has 1 aromatic carbocycles. The van der Waals surface area contributed by atoms with Gasteiger partial charge in [-0.05, 0) is 32.4 Å².